The zero-order valence-corrected chi connectivity index (χ0v) is 10.9. The van der Waals surface area contributed by atoms with Gasteiger partial charge in [-0.15, -0.1) is 0 Å². The first-order chi connectivity index (χ1) is 7.99. The molecular weight excluding hydrogens is 242 g/mol. The average molecular weight is 259 g/mol. The van der Waals surface area contributed by atoms with Gasteiger partial charge < -0.3 is 10.1 Å². The molecule has 0 radical (unpaired) electrons. The number of nitrogens with zero attached hydrogens (tertiary/aromatic N) is 1. The molecule has 1 aromatic heterocycles. The van der Waals surface area contributed by atoms with E-state index in [1.165, 1.54) is 13.3 Å². The van der Waals surface area contributed by atoms with Crippen molar-refractivity contribution in [3.63, 3.8) is 0 Å². The highest BCUT2D eigenvalue weighted by Gasteiger charge is 2.19. The molecule has 1 heterocycles. The van der Waals surface area contributed by atoms with Gasteiger partial charge in [0.25, 0.3) is 0 Å². The normalized spacial score (nSPS) is 13.1. The monoisotopic (exact) mass is 259 g/mol. The number of methoxy groups -OCH3 is 1. The first-order valence-corrected chi connectivity index (χ1v) is 6.70. The maximum absolute atomic E-state index is 11.8. The van der Waals surface area contributed by atoms with Gasteiger partial charge in [-0.3, -0.25) is 4.72 Å². The van der Waals surface area contributed by atoms with Crippen LogP contribution >= 0.6 is 0 Å². The van der Waals surface area contributed by atoms with Gasteiger partial charge in [0.15, 0.2) is 0 Å². The standard InChI is InChI=1S/C10H17N3O3S/c1-8(6-11-2)17(14,15)13-9-4-5-10(16-3)12-7-9/h4-5,7-8,11,13H,6H2,1-3H3. The molecule has 0 saturated heterocycles. The first-order valence-electron chi connectivity index (χ1n) is 5.16. The summed E-state index contributed by atoms with van der Waals surface area (Å²) in [5, 5.41) is 2.30. The highest BCUT2D eigenvalue weighted by molar-refractivity contribution is 7.93. The Morgan fingerprint density at radius 2 is 2.18 bits per heavy atom. The van der Waals surface area contributed by atoms with Crippen LogP contribution in [0.25, 0.3) is 0 Å². The average Bonchev–Trinajstić information content (AvgIpc) is 2.30. The quantitative estimate of drug-likeness (QED) is 0.775. The van der Waals surface area contributed by atoms with E-state index in [1.54, 1.807) is 26.1 Å². The molecule has 0 saturated carbocycles. The lowest BCUT2D eigenvalue weighted by atomic mass is 10.4. The van der Waals surface area contributed by atoms with Crippen LogP contribution in [0.2, 0.25) is 0 Å². The van der Waals surface area contributed by atoms with Gasteiger partial charge in [0.2, 0.25) is 15.9 Å². The van der Waals surface area contributed by atoms with Crippen molar-refractivity contribution in [2.45, 2.75) is 12.2 Å². The van der Waals surface area contributed by atoms with Crippen LogP contribution in [0.15, 0.2) is 18.3 Å². The maximum atomic E-state index is 11.8. The molecule has 0 aliphatic rings. The van der Waals surface area contributed by atoms with Gasteiger partial charge in [-0.1, -0.05) is 0 Å². The SMILES string of the molecule is CNCC(C)S(=O)(=O)Nc1ccc(OC)nc1. The molecule has 1 aromatic rings. The Hall–Kier alpha value is -1.34. The third-order valence-corrected chi connectivity index (χ3v) is 3.97. The second-order valence-corrected chi connectivity index (χ2v) is 5.70. The van der Waals surface area contributed by atoms with Gasteiger partial charge in [-0.25, -0.2) is 13.4 Å². The van der Waals surface area contributed by atoms with Crippen LogP contribution < -0.4 is 14.8 Å². The number of pyridine rings is 1. The summed E-state index contributed by atoms with van der Waals surface area (Å²) >= 11 is 0. The van der Waals surface area contributed by atoms with Crippen molar-refractivity contribution in [1.29, 1.82) is 0 Å². The lowest BCUT2D eigenvalue weighted by molar-refractivity contribution is 0.398. The molecule has 96 valence electrons. The molecule has 1 unspecified atom stereocenters. The zero-order valence-electron chi connectivity index (χ0n) is 10.1. The molecule has 7 heteroatoms. The van der Waals surface area contributed by atoms with E-state index in [1.807, 2.05) is 0 Å². The number of hydrogen-bond acceptors (Lipinski definition) is 5. The largest absolute Gasteiger partial charge is 0.481 e. The Labute approximate surface area is 101 Å². The van der Waals surface area contributed by atoms with E-state index in [0.717, 1.165) is 0 Å². The molecule has 1 rings (SSSR count). The van der Waals surface area contributed by atoms with E-state index in [2.05, 4.69) is 15.0 Å². The predicted octanol–water partition coefficient (Wildman–Crippen LogP) is 0.440. The molecule has 1 atom stereocenters. The molecule has 0 aliphatic heterocycles. The fraction of sp³-hybridized carbons (Fsp3) is 0.500. The molecule has 2 N–H and O–H groups in total. The minimum Gasteiger partial charge on any atom is -0.481 e. The van der Waals surface area contributed by atoms with Crippen LogP contribution in [0.1, 0.15) is 6.92 Å². The predicted molar refractivity (Wildman–Crippen MR) is 66.7 cm³/mol. The topological polar surface area (TPSA) is 80.3 Å². The third kappa shape index (κ3) is 3.86. The Bertz CT molecular complexity index is 444. The Kier molecular flexibility index (Phi) is 4.71. The maximum Gasteiger partial charge on any atom is 0.236 e. The Morgan fingerprint density at radius 1 is 1.47 bits per heavy atom. The first kappa shape index (κ1) is 13.7. The minimum absolute atomic E-state index is 0.388. The van der Waals surface area contributed by atoms with Crippen LogP contribution in [0.5, 0.6) is 5.88 Å². The van der Waals surface area contributed by atoms with Crippen LogP contribution in [-0.4, -0.2) is 39.4 Å². The Balaban J connectivity index is 2.75. The van der Waals surface area contributed by atoms with Gasteiger partial charge >= 0.3 is 0 Å². The van der Waals surface area contributed by atoms with Crippen LogP contribution in [-0.2, 0) is 10.0 Å². The lowest BCUT2D eigenvalue weighted by Gasteiger charge is -2.14. The van der Waals surface area contributed by atoms with Crippen LogP contribution in [0.3, 0.4) is 0 Å². The molecule has 0 fully saturated rings. The summed E-state index contributed by atoms with van der Waals surface area (Å²) < 4.78 is 31.0. The molecular formula is C10H17N3O3S. The van der Waals surface area contributed by atoms with E-state index < -0.39 is 15.3 Å². The van der Waals surface area contributed by atoms with Crippen molar-refractivity contribution in [2.75, 3.05) is 25.4 Å². The van der Waals surface area contributed by atoms with Gasteiger partial charge in [0.1, 0.15) is 0 Å². The fourth-order valence-corrected chi connectivity index (χ4v) is 2.26. The van der Waals surface area contributed by atoms with Crippen molar-refractivity contribution in [3.05, 3.63) is 18.3 Å². The highest BCUT2D eigenvalue weighted by Crippen LogP contribution is 2.14. The number of aromatic nitrogens is 1. The minimum atomic E-state index is -3.39. The lowest BCUT2D eigenvalue weighted by Crippen LogP contribution is -2.33. The summed E-state index contributed by atoms with van der Waals surface area (Å²) in [5.41, 5.74) is 0.425. The number of anilines is 1. The van der Waals surface area contributed by atoms with E-state index >= 15 is 0 Å². The number of ether oxygens (including phenoxy) is 1. The molecule has 0 aliphatic carbocycles. The second kappa shape index (κ2) is 5.83. The number of hydrogen-bond donors (Lipinski definition) is 2. The van der Waals surface area contributed by atoms with Crippen LogP contribution in [0.4, 0.5) is 5.69 Å². The van der Waals surface area contributed by atoms with E-state index in [9.17, 15) is 8.42 Å². The van der Waals surface area contributed by atoms with Crippen molar-refractivity contribution >= 4 is 15.7 Å². The number of nitrogens with one attached hydrogen (secondary N) is 2. The highest BCUT2D eigenvalue weighted by atomic mass is 32.2. The smallest absolute Gasteiger partial charge is 0.236 e. The molecule has 0 spiro atoms. The van der Waals surface area contributed by atoms with Gasteiger partial charge in [0, 0.05) is 12.6 Å². The molecule has 0 aromatic carbocycles. The van der Waals surface area contributed by atoms with Crippen molar-refractivity contribution < 1.29 is 13.2 Å². The fourth-order valence-electron chi connectivity index (χ4n) is 1.22. The summed E-state index contributed by atoms with van der Waals surface area (Å²) in [4.78, 5) is 3.92. The molecule has 17 heavy (non-hydrogen) atoms. The van der Waals surface area contributed by atoms with Gasteiger partial charge in [-0.2, -0.15) is 0 Å². The van der Waals surface area contributed by atoms with Gasteiger partial charge in [-0.05, 0) is 20.0 Å². The molecule has 6 nitrogen and oxygen atoms in total. The summed E-state index contributed by atoms with van der Waals surface area (Å²) in [6.45, 7) is 2.02. The van der Waals surface area contributed by atoms with E-state index in [0.29, 0.717) is 18.1 Å². The van der Waals surface area contributed by atoms with Crippen LogP contribution in [0, 0.1) is 0 Å². The van der Waals surface area contributed by atoms with Crippen molar-refractivity contribution in [1.82, 2.24) is 10.3 Å². The number of sulfonamides is 1. The van der Waals surface area contributed by atoms with Gasteiger partial charge in [0.05, 0.1) is 24.2 Å². The molecule has 0 bridgehead atoms. The third-order valence-electron chi connectivity index (χ3n) is 2.23. The second-order valence-electron chi connectivity index (χ2n) is 3.60. The summed E-state index contributed by atoms with van der Waals surface area (Å²) in [5.74, 6) is 0.441. The number of rotatable bonds is 6. The zero-order chi connectivity index (χ0) is 12.9. The van der Waals surface area contributed by atoms with E-state index in [-0.39, 0.29) is 0 Å². The summed E-state index contributed by atoms with van der Waals surface area (Å²) in [7, 11) is -0.178. The Morgan fingerprint density at radius 3 is 2.65 bits per heavy atom. The van der Waals surface area contributed by atoms with Crippen molar-refractivity contribution in [3.8, 4) is 5.88 Å². The summed E-state index contributed by atoms with van der Waals surface area (Å²) in [6, 6.07) is 3.20. The summed E-state index contributed by atoms with van der Waals surface area (Å²) in [6.07, 6.45) is 1.42. The van der Waals surface area contributed by atoms with E-state index in [4.69, 9.17) is 4.74 Å². The molecule has 0 amide bonds. The van der Waals surface area contributed by atoms with Crippen molar-refractivity contribution in [2.24, 2.45) is 0 Å².